The Labute approximate surface area is 130 Å². The van der Waals surface area contributed by atoms with Crippen LogP contribution in [-0.4, -0.2) is 11.1 Å². The van der Waals surface area contributed by atoms with Crippen LogP contribution in [0.5, 0.6) is 0 Å². The summed E-state index contributed by atoms with van der Waals surface area (Å²) < 4.78 is 1.17. The van der Waals surface area contributed by atoms with Gasteiger partial charge in [-0.15, -0.1) is 18.3 Å². The molecule has 0 aromatic rings. The SMILES string of the molecule is C#C/C=C\CCCC/C=C(\Br)CCC#CCCC(=O)O. The van der Waals surface area contributed by atoms with Gasteiger partial charge in [-0.1, -0.05) is 34.0 Å². The zero-order valence-electron chi connectivity index (χ0n) is 11.7. The summed E-state index contributed by atoms with van der Waals surface area (Å²) >= 11 is 3.52. The van der Waals surface area contributed by atoms with E-state index >= 15 is 0 Å². The van der Waals surface area contributed by atoms with E-state index < -0.39 is 5.97 Å². The minimum atomic E-state index is -0.794. The molecule has 0 aliphatic heterocycles. The van der Waals surface area contributed by atoms with Gasteiger partial charge >= 0.3 is 5.97 Å². The lowest BCUT2D eigenvalue weighted by Crippen LogP contribution is -1.91. The van der Waals surface area contributed by atoms with Crippen molar-refractivity contribution in [1.82, 2.24) is 0 Å². The highest BCUT2D eigenvalue weighted by Gasteiger charge is 1.92. The zero-order chi connectivity index (χ0) is 15.1. The van der Waals surface area contributed by atoms with Crippen molar-refractivity contribution in [3.8, 4) is 24.2 Å². The largest absolute Gasteiger partial charge is 0.481 e. The lowest BCUT2D eigenvalue weighted by Gasteiger charge is -1.96. The summed E-state index contributed by atoms with van der Waals surface area (Å²) in [6.07, 6.45) is 17.6. The van der Waals surface area contributed by atoms with E-state index in [1.54, 1.807) is 6.08 Å². The van der Waals surface area contributed by atoms with Crippen LogP contribution in [0.25, 0.3) is 0 Å². The Bertz CT molecular complexity index is 430. The quantitative estimate of drug-likeness (QED) is 0.491. The molecule has 0 rings (SSSR count). The van der Waals surface area contributed by atoms with E-state index in [0.717, 1.165) is 38.5 Å². The fraction of sp³-hybridized carbons (Fsp3) is 0.471. The molecule has 0 aromatic heterocycles. The first-order valence-corrected chi connectivity index (χ1v) is 7.59. The molecule has 0 aliphatic rings. The van der Waals surface area contributed by atoms with Gasteiger partial charge in [-0.25, -0.2) is 0 Å². The zero-order valence-corrected chi connectivity index (χ0v) is 13.3. The molecular formula is C17H21BrO2. The van der Waals surface area contributed by atoms with Gasteiger partial charge in [0.25, 0.3) is 0 Å². The fourth-order valence-electron chi connectivity index (χ4n) is 1.45. The maximum Gasteiger partial charge on any atom is 0.304 e. The minimum absolute atomic E-state index is 0.123. The fourth-order valence-corrected chi connectivity index (χ4v) is 1.87. The first kappa shape index (κ1) is 18.6. The number of rotatable bonds is 9. The lowest BCUT2D eigenvalue weighted by molar-refractivity contribution is -0.136. The number of allylic oxidation sites excluding steroid dienone is 4. The van der Waals surface area contributed by atoms with Crippen molar-refractivity contribution in [3.63, 3.8) is 0 Å². The number of aliphatic carboxylic acids is 1. The third-order valence-corrected chi connectivity index (χ3v) is 3.20. The van der Waals surface area contributed by atoms with Crippen LogP contribution in [-0.2, 0) is 4.79 Å². The summed E-state index contributed by atoms with van der Waals surface area (Å²) in [5.41, 5.74) is 0. The molecule has 0 aliphatic carbocycles. The minimum Gasteiger partial charge on any atom is -0.481 e. The van der Waals surface area contributed by atoms with E-state index in [2.05, 4.69) is 39.8 Å². The van der Waals surface area contributed by atoms with Crippen LogP contribution in [0.2, 0.25) is 0 Å². The first-order valence-electron chi connectivity index (χ1n) is 6.80. The van der Waals surface area contributed by atoms with Gasteiger partial charge in [-0.05, 0) is 42.7 Å². The van der Waals surface area contributed by atoms with Gasteiger partial charge in [0.05, 0.1) is 6.42 Å². The summed E-state index contributed by atoms with van der Waals surface area (Å²) in [6.45, 7) is 0. The number of halogens is 1. The van der Waals surface area contributed by atoms with Crippen LogP contribution < -0.4 is 0 Å². The number of carboxylic acid groups (broad SMARTS) is 1. The lowest BCUT2D eigenvalue weighted by atomic mass is 10.1. The summed E-state index contributed by atoms with van der Waals surface area (Å²) in [5, 5.41) is 8.45. The van der Waals surface area contributed by atoms with Crippen LogP contribution in [0.1, 0.15) is 51.4 Å². The number of hydrogen-bond donors (Lipinski definition) is 1. The Hall–Kier alpha value is -1.45. The summed E-state index contributed by atoms with van der Waals surface area (Å²) in [4.78, 5) is 10.3. The Kier molecular flexibility index (Phi) is 13.0. The number of terminal acetylenes is 1. The van der Waals surface area contributed by atoms with Crippen LogP contribution in [0.3, 0.4) is 0 Å². The Morgan fingerprint density at radius 2 is 1.80 bits per heavy atom. The molecule has 0 spiro atoms. The van der Waals surface area contributed by atoms with Crippen molar-refractivity contribution in [3.05, 3.63) is 22.7 Å². The highest BCUT2D eigenvalue weighted by Crippen LogP contribution is 2.15. The Balaban J connectivity index is 3.58. The standard InChI is InChI=1S/C17H21BrO2/c1-2-3-4-5-6-7-10-13-16(18)14-11-8-9-12-15-17(19)20/h1,3-4,13H,5-7,10-12,14-15H2,(H,19,20)/b4-3-,16-13-. The average molecular weight is 337 g/mol. The van der Waals surface area contributed by atoms with Crippen LogP contribution in [0.4, 0.5) is 0 Å². The highest BCUT2D eigenvalue weighted by atomic mass is 79.9. The molecule has 0 atom stereocenters. The normalized spacial score (nSPS) is 10.9. The van der Waals surface area contributed by atoms with E-state index in [4.69, 9.17) is 11.5 Å². The molecule has 0 fully saturated rings. The highest BCUT2D eigenvalue weighted by molar-refractivity contribution is 9.11. The molecule has 20 heavy (non-hydrogen) atoms. The molecule has 1 N–H and O–H groups in total. The van der Waals surface area contributed by atoms with Crippen LogP contribution in [0.15, 0.2) is 22.7 Å². The van der Waals surface area contributed by atoms with Gasteiger partial charge in [-0.2, -0.15) is 0 Å². The third-order valence-electron chi connectivity index (χ3n) is 2.48. The van der Waals surface area contributed by atoms with Gasteiger partial charge in [-0.3, -0.25) is 4.79 Å². The molecule has 0 heterocycles. The summed E-state index contributed by atoms with van der Waals surface area (Å²) in [7, 11) is 0. The maximum absolute atomic E-state index is 10.3. The molecule has 0 unspecified atom stereocenters. The number of unbranched alkanes of at least 4 members (excludes halogenated alkanes) is 3. The monoisotopic (exact) mass is 336 g/mol. The van der Waals surface area contributed by atoms with Crippen molar-refractivity contribution >= 4 is 21.9 Å². The Morgan fingerprint density at radius 1 is 1.15 bits per heavy atom. The first-order chi connectivity index (χ1) is 9.66. The molecule has 3 heteroatoms. The maximum atomic E-state index is 10.3. The predicted octanol–water partition coefficient (Wildman–Crippen LogP) is 4.66. The molecule has 0 bridgehead atoms. The number of carboxylic acids is 1. The van der Waals surface area contributed by atoms with E-state index in [1.807, 2.05) is 6.08 Å². The van der Waals surface area contributed by atoms with E-state index in [9.17, 15) is 4.79 Å². The smallest absolute Gasteiger partial charge is 0.304 e. The molecule has 0 saturated carbocycles. The second-order valence-corrected chi connectivity index (χ2v) is 5.27. The second-order valence-electron chi connectivity index (χ2n) is 4.25. The Morgan fingerprint density at radius 3 is 2.45 bits per heavy atom. The van der Waals surface area contributed by atoms with Crippen LogP contribution in [0, 0.1) is 24.2 Å². The topological polar surface area (TPSA) is 37.3 Å². The third kappa shape index (κ3) is 14.6. The molecule has 0 aromatic carbocycles. The van der Waals surface area contributed by atoms with Gasteiger partial charge in [0.2, 0.25) is 0 Å². The van der Waals surface area contributed by atoms with Crippen molar-refractivity contribution < 1.29 is 9.90 Å². The van der Waals surface area contributed by atoms with Gasteiger partial charge in [0.1, 0.15) is 0 Å². The molecular weight excluding hydrogens is 316 g/mol. The van der Waals surface area contributed by atoms with Crippen molar-refractivity contribution in [2.45, 2.75) is 51.4 Å². The van der Waals surface area contributed by atoms with Gasteiger partial charge < -0.3 is 5.11 Å². The van der Waals surface area contributed by atoms with E-state index in [-0.39, 0.29) is 6.42 Å². The van der Waals surface area contributed by atoms with Gasteiger partial charge in [0.15, 0.2) is 0 Å². The van der Waals surface area contributed by atoms with Crippen molar-refractivity contribution in [1.29, 1.82) is 0 Å². The second kappa shape index (κ2) is 14.0. The molecule has 0 amide bonds. The number of hydrogen-bond acceptors (Lipinski definition) is 1. The van der Waals surface area contributed by atoms with E-state index in [1.165, 1.54) is 4.48 Å². The number of carbonyl (C=O) groups is 1. The van der Waals surface area contributed by atoms with Gasteiger partial charge in [0, 0.05) is 12.8 Å². The predicted molar refractivity (Wildman–Crippen MR) is 87.3 cm³/mol. The van der Waals surface area contributed by atoms with Crippen molar-refractivity contribution in [2.24, 2.45) is 0 Å². The molecule has 2 nitrogen and oxygen atoms in total. The molecule has 108 valence electrons. The molecule has 0 radical (unpaired) electrons. The van der Waals surface area contributed by atoms with Crippen LogP contribution >= 0.6 is 15.9 Å². The van der Waals surface area contributed by atoms with E-state index in [0.29, 0.717) is 6.42 Å². The summed E-state index contributed by atoms with van der Waals surface area (Å²) in [6, 6.07) is 0. The van der Waals surface area contributed by atoms with Crippen molar-refractivity contribution in [2.75, 3.05) is 0 Å². The average Bonchev–Trinajstić information content (AvgIpc) is 2.41. The molecule has 0 saturated heterocycles. The summed E-state index contributed by atoms with van der Waals surface area (Å²) in [5.74, 6) is 7.53.